The molecule has 3 aliphatic rings. The fourth-order valence-electron chi connectivity index (χ4n) is 5.40. The van der Waals surface area contributed by atoms with Gasteiger partial charge in [0.05, 0.1) is 38.3 Å². The zero-order chi connectivity index (χ0) is 29.9. The number of aliphatic hydroxyl groups excluding tert-OH is 1. The number of fused-ring (bicyclic) bond motifs is 2. The number of benzene rings is 1. The van der Waals surface area contributed by atoms with Crippen molar-refractivity contribution in [3.05, 3.63) is 53.0 Å². The fourth-order valence-corrected chi connectivity index (χ4v) is 5.40. The number of carbonyl (C=O) groups excluding carboxylic acids is 5. The van der Waals surface area contributed by atoms with Gasteiger partial charge in [-0.15, -0.1) is 0 Å². The predicted octanol–water partition coefficient (Wildman–Crippen LogP) is 0.997. The number of aromatic nitrogens is 1. The average Bonchev–Trinajstić information content (AvgIpc) is 3.67. The molecule has 6 rings (SSSR count). The maximum Gasteiger partial charge on any atom is 0.328 e. The number of hydrogen-bond acceptors (Lipinski definition) is 10. The number of halogens is 1. The minimum Gasteiger partial charge on any atom is -0.494 e. The van der Waals surface area contributed by atoms with Crippen LogP contribution in [-0.4, -0.2) is 82.6 Å². The normalized spacial score (nSPS) is 21.9. The second-order valence-electron chi connectivity index (χ2n) is 10.1. The number of β-amino-alcohol motifs (C(OH)–C–C–N with tert-alkyl or cyclic N) is 1. The van der Waals surface area contributed by atoms with Crippen LogP contribution in [0.5, 0.6) is 5.75 Å². The number of amides is 5. The summed E-state index contributed by atoms with van der Waals surface area (Å²) < 4.78 is 30.9. The monoisotopic (exact) mass is 581 g/mol. The molecule has 0 aliphatic carbocycles. The molecule has 218 valence electrons. The number of pyridine rings is 1. The smallest absolute Gasteiger partial charge is 0.328 e. The Kier molecular flexibility index (Phi) is 6.33. The fraction of sp³-hybridized carbons (Fsp3) is 0.333. The molecule has 2 N–H and O–H groups in total. The summed E-state index contributed by atoms with van der Waals surface area (Å²) in [6.07, 6.45) is -0.878. The third-order valence-corrected chi connectivity index (χ3v) is 7.44. The van der Waals surface area contributed by atoms with E-state index in [9.17, 15) is 29.1 Å². The minimum atomic E-state index is -2.00. The molecule has 3 aromatic rings. The Bertz CT molecular complexity index is 1690. The van der Waals surface area contributed by atoms with Crippen molar-refractivity contribution in [3.8, 4) is 5.75 Å². The number of methoxy groups -OCH3 is 1. The number of hydrogen-bond donors (Lipinski definition) is 2. The molecule has 2 saturated heterocycles. The molecule has 2 fully saturated rings. The van der Waals surface area contributed by atoms with E-state index in [2.05, 4.69) is 10.3 Å². The van der Waals surface area contributed by atoms with Crippen LogP contribution in [-0.2, 0) is 31.2 Å². The van der Waals surface area contributed by atoms with E-state index >= 15 is 4.39 Å². The highest BCUT2D eigenvalue weighted by Crippen LogP contribution is 2.38. The van der Waals surface area contributed by atoms with Gasteiger partial charge in [0.2, 0.25) is 5.91 Å². The second-order valence-corrected chi connectivity index (χ2v) is 10.1. The van der Waals surface area contributed by atoms with Crippen molar-refractivity contribution in [1.29, 1.82) is 0 Å². The van der Waals surface area contributed by atoms with Gasteiger partial charge in [0.15, 0.2) is 29.4 Å². The first-order valence-electron chi connectivity index (χ1n) is 12.8. The van der Waals surface area contributed by atoms with E-state index in [1.807, 2.05) is 0 Å². The van der Waals surface area contributed by atoms with Crippen LogP contribution in [0.1, 0.15) is 35.0 Å². The molecule has 14 nitrogen and oxygen atoms in total. The topological polar surface area (TPSA) is 172 Å². The zero-order valence-electron chi connectivity index (χ0n) is 22.4. The van der Waals surface area contributed by atoms with E-state index in [-0.39, 0.29) is 59.4 Å². The summed E-state index contributed by atoms with van der Waals surface area (Å²) in [5.41, 5.74) is -1.44. The Morgan fingerprint density at radius 1 is 1.24 bits per heavy atom. The first kappa shape index (κ1) is 27.1. The van der Waals surface area contributed by atoms with Gasteiger partial charge in [-0.3, -0.25) is 24.1 Å². The zero-order valence-corrected chi connectivity index (χ0v) is 22.4. The van der Waals surface area contributed by atoms with Crippen molar-refractivity contribution in [2.75, 3.05) is 31.8 Å². The maximum absolute atomic E-state index is 15.0. The van der Waals surface area contributed by atoms with Gasteiger partial charge in [0.1, 0.15) is 17.1 Å². The van der Waals surface area contributed by atoms with Crippen molar-refractivity contribution in [1.82, 2.24) is 20.1 Å². The third-order valence-electron chi connectivity index (χ3n) is 7.44. The van der Waals surface area contributed by atoms with Crippen molar-refractivity contribution in [2.45, 2.75) is 31.5 Å². The molecule has 1 aromatic carbocycles. The number of imide groups is 1. The molecule has 0 radical (unpaired) electrons. The second kappa shape index (κ2) is 9.80. The van der Waals surface area contributed by atoms with Crippen LogP contribution in [0, 0.1) is 5.82 Å². The summed E-state index contributed by atoms with van der Waals surface area (Å²) >= 11 is 0. The number of carbonyl (C=O) groups is 5. The number of furan rings is 1. The number of rotatable bonds is 7. The van der Waals surface area contributed by atoms with Crippen LogP contribution in [0.4, 0.5) is 15.0 Å². The highest BCUT2D eigenvalue weighted by Gasteiger charge is 2.57. The van der Waals surface area contributed by atoms with Crippen molar-refractivity contribution < 1.29 is 47.4 Å². The third kappa shape index (κ3) is 4.20. The molecule has 3 aliphatic heterocycles. The van der Waals surface area contributed by atoms with Crippen LogP contribution < -0.4 is 15.0 Å². The molecule has 0 unspecified atom stereocenters. The largest absolute Gasteiger partial charge is 0.494 e. The lowest BCUT2D eigenvalue weighted by Gasteiger charge is -2.29. The molecule has 42 heavy (non-hydrogen) atoms. The number of ether oxygens (including phenoxy) is 2. The van der Waals surface area contributed by atoms with Gasteiger partial charge in [0, 0.05) is 19.5 Å². The SMILES string of the molecule is COc1ccc2c(c1F)C(=O)N(C[C@@]1(c3cc4nc(N5C[C@@H](O)CC5=O)ccc4o3)NC(=O)N(COC(C)=O)C1=O)C2. The van der Waals surface area contributed by atoms with E-state index in [4.69, 9.17) is 13.9 Å². The van der Waals surface area contributed by atoms with Gasteiger partial charge >= 0.3 is 12.0 Å². The molecule has 2 atom stereocenters. The summed E-state index contributed by atoms with van der Waals surface area (Å²) in [7, 11) is 1.27. The van der Waals surface area contributed by atoms with Gasteiger partial charge in [0.25, 0.3) is 11.8 Å². The lowest BCUT2D eigenvalue weighted by Crippen LogP contribution is -2.52. The van der Waals surface area contributed by atoms with Gasteiger partial charge in [-0.25, -0.2) is 19.1 Å². The molecular weight excluding hydrogens is 557 g/mol. The van der Waals surface area contributed by atoms with Crippen molar-refractivity contribution in [3.63, 3.8) is 0 Å². The van der Waals surface area contributed by atoms with Gasteiger partial charge in [-0.05, 0) is 23.8 Å². The van der Waals surface area contributed by atoms with Crippen molar-refractivity contribution >= 4 is 46.6 Å². The van der Waals surface area contributed by atoms with Crippen LogP contribution in [0.25, 0.3) is 11.1 Å². The molecular formula is C27H24FN5O9. The van der Waals surface area contributed by atoms with Gasteiger partial charge in [-0.2, -0.15) is 0 Å². The molecule has 5 heterocycles. The number of anilines is 1. The number of urea groups is 1. The Hall–Kier alpha value is -5.05. The number of aliphatic hydroxyl groups is 1. The van der Waals surface area contributed by atoms with Gasteiger partial charge < -0.3 is 29.2 Å². The molecule has 0 spiro atoms. The van der Waals surface area contributed by atoms with E-state index < -0.39 is 54.6 Å². The van der Waals surface area contributed by atoms with E-state index in [1.165, 1.54) is 47.2 Å². The van der Waals surface area contributed by atoms with Crippen molar-refractivity contribution in [2.24, 2.45) is 0 Å². The Morgan fingerprint density at radius 3 is 2.71 bits per heavy atom. The minimum absolute atomic E-state index is 0.0448. The molecule has 15 heteroatoms. The van der Waals surface area contributed by atoms with Crippen LogP contribution in [0.15, 0.2) is 34.7 Å². The molecule has 5 amide bonds. The lowest BCUT2D eigenvalue weighted by molar-refractivity contribution is -0.148. The average molecular weight is 582 g/mol. The Morgan fingerprint density at radius 2 is 2.02 bits per heavy atom. The highest BCUT2D eigenvalue weighted by molar-refractivity contribution is 6.08. The number of nitrogens with one attached hydrogen (secondary N) is 1. The summed E-state index contributed by atoms with van der Waals surface area (Å²) in [4.78, 5) is 71.6. The molecule has 0 bridgehead atoms. The Balaban J connectivity index is 1.40. The molecule has 2 aromatic heterocycles. The first-order valence-corrected chi connectivity index (χ1v) is 12.8. The summed E-state index contributed by atoms with van der Waals surface area (Å²) in [5.74, 6) is -3.48. The van der Waals surface area contributed by atoms with Crippen LogP contribution >= 0.6 is 0 Å². The standard InChI is InChI=1S/C27H24FN5O9/c1-13(34)41-12-33-25(38)27(30-26(33)39,11-31-9-14-3-4-18(40-2)23(28)22(14)24(31)37)19-8-16-17(42-19)5-6-20(29-16)32-10-15(35)7-21(32)36/h3-6,8,15,35H,7,9-12H2,1-2H3,(H,30,39)/t15-,27-/m0/s1. The van der Waals surface area contributed by atoms with E-state index in [0.717, 1.165) is 6.92 Å². The predicted molar refractivity (Wildman–Crippen MR) is 138 cm³/mol. The first-order chi connectivity index (χ1) is 20.0. The van der Waals surface area contributed by atoms with Crippen LogP contribution in [0.3, 0.4) is 0 Å². The number of nitrogens with zero attached hydrogens (tertiary/aromatic N) is 4. The highest BCUT2D eigenvalue weighted by atomic mass is 19.1. The Labute approximate surface area is 236 Å². The van der Waals surface area contributed by atoms with Crippen LogP contribution in [0.2, 0.25) is 0 Å². The lowest BCUT2D eigenvalue weighted by atomic mass is 9.95. The van der Waals surface area contributed by atoms with E-state index in [1.54, 1.807) is 0 Å². The van der Waals surface area contributed by atoms with Gasteiger partial charge in [-0.1, -0.05) is 6.07 Å². The summed E-state index contributed by atoms with van der Waals surface area (Å²) in [6, 6.07) is 6.43. The molecule has 0 saturated carbocycles. The number of esters is 1. The quantitative estimate of drug-likeness (QED) is 0.303. The van der Waals surface area contributed by atoms with E-state index in [0.29, 0.717) is 10.5 Å². The maximum atomic E-state index is 15.0. The summed E-state index contributed by atoms with van der Waals surface area (Å²) in [5, 5.41) is 12.4. The summed E-state index contributed by atoms with van der Waals surface area (Å²) in [6.45, 7) is -0.0610.